The van der Waals surface area contributed by atoms with E-state index in [0.29, 0.717) is 24.3 Å². The van der Waals surface area contributed by atoms with E-state index in [-0.39, 0.29) is 11.5 Å². The van der Waals surface area contributed by atoms with Crippen LogP contribution in [0.3, 0.4) is 0 Å². The van der Waals surface area contributed by atoms with E-state index < -0.39 is 0 Å². The molecule has 0 fully saturated rings. The van der Waals surface area contributed by atoms with Crippen LogP contribution in [0.15, 0.2) is 12.1 Å². The first-order valence-electron chi connectivity index (χ1n) is 6.25. The van der Waals surface area contributed by atoms with Gasteiger partial charge in [0.1, 0.15) is 11.5 Å². The van der Waals surface area contributed by atoms with Crippen molar-refractivity contribution in [3.05, 3.63) is 23.3 Å². The zero-order chi connectivity index (χ0) is 12.3. The molecule has 2 rings (SSSR count). The van der Waals surface area contributed by atoms with E-state index in [0.717, 1.165) is 31.2 Å². The number of carbonyl (C=O) groups is 1. The van der Waals surface area contributed by atoms with Crippen LogP contribution in [0.4, 0.5) is 0 Å². The van der Waals surface area contributed by atoms with Crippen molar-refractivity contribution in [2.45, 2.75) is 39.0 Å². The fourth-order valence-corrected chi connectivity index (χ4v) is 2.18. The Bertz CT molecular complexity index is 424. The molecule has 0 amide bonds. The Morgan fingerprint density at radius 1 is 1.35 bits per heavy atom. The zero-order valence-electron chi connectivity index (χ0n) is 10.2. The van der Waals surface area contributed by atoms with Gasteiger partial charge in [-0.2, -0.15) is 0 Å². The minimum absolute atomic E-state index is 0.114. The molecule has 1 aromatic rings. The summed E-state index contributed by atoms with van der Waals surface area (Å²) in [5.74, 6) is 0.967. The average molecular weight is 234 g/mol. The summed E-state index contributed by atoms with van der Waals surface area (Å²) in [6.45, 7) is 2.57. The lowest BCUT2D eigenvalue weighted by molar-refractivity contribution is 0.0932. The van der Waals surface area contributed by atoms with Crippen molar-refractivity contribution in [2.75, 3.05) is 6.61 Å². The van der Waals surface area contributed by atoms with Crippen LogP contribution < -0.4 is 4.74 Å². The van der Waals surface area contributed by atoms with Crippen molar-refractivity contribution in [3.8, 4) is 11.5 Å². The molecule has 92 valence electrons. The molecule has 1 aromatic carbocycles. The Morgan fingerprint density at radius 3 is 2.94 bits per heavy atom. The van der Waals surface area contributed by atoms with E-state index in [1.807, 2.05) is 0 Å². The van der Waals surface area contributed by atoms with Gasteiger partial charge in [0.25, 0.3) is 0 Å². The molecular weight excluding hydrogens is 216 g/mol. The highest BCUT2D eigenvalue weighted by Crippen LogP contribution is 2.35. The number of ether oxygens (including phenoxy) is 1. The van der Waals surface area contributed by atoms with Crippen LogP contribution in [0.2, 0.25) is 0 Å². The van der Waals surface area contributed by atoms with Gasteiger partial charge < -0.3 is 9.84 Å². The van der Waals surface area contributed by atoms with E-state index in [1.54, 1.807) is 12.1 Å². The van der Waals surface area contributed by atoms with Crippen LogP contribution in [0, 0.1) is 0 Å². The van der Waals surface area contributed by atoms with Gasteiger partial charge in [-0.15, -0.1) is 0 Å². The first kappa shape index (κ1) is 12.0. The molecule has 0 spiro atoms. The van der Waals surface area contributed by atoms with Gasteiger partial charge >= 0.3 is 0 Å². The third-order valence-electron chi connectivity index (χ3n) is 3.14. The summed E-state index contributed by atoms with van der Waals surface area (Å²) in [6, 6.07) is 3.27. The maximum absolute atomic E-state index is 11.7. The lowest BCUT2D eigenvalue weighted by Gasteiger charge is -2.20. The van der Waals surface area contributed by atoms with Gasteiger partial charge in [0.15, 0.2) is 5.78 Å². The number of hydrogen-bond donors (Lipinski definition) is 1. The van der Waals surface area contributed by atoms with Crippen molar-refractivity contribution in [2.24, 2.45) is 0 Å². The SMILES string of the molecule is CCCCCc1c(O)ccc2c1OCCC2=O. The summed E-state index contributed by atoms with van der Waals surface area (Å²) >= 11 is 0. The van der Waals surface area contributed by atoms with E-state index in [9.17, 15) is 9.90 Å². The molecule has 0 atom stereocenters. The van der Waals surface area contributed by atoms with Gasteiger partial charge in [-0.1, -0.05) is 19.8 Å². The second kappa shape index (κ2) is 5.21. The second-order valence-electron chi connectivity index (χ2n) is 4.42. The summed E-state index contributed by atoms with van der Waals surface area (Å²) in [5.41, 5.74) is 1.42. The monoisotopic (exact) mass is 234 g/mol. The van der Waals surface area contributed by atoms with Crippen molar-refractivity contribution in [3.63, 3.8) is 0 Å². The van der Waals surface area contributed by atoms with Crippen LogP contribution in [-0.2, 0) is 6.42 Å². The maximum atomic E-state index is 11.7. The Labute approximate surface area is 101 Å². The molecule has 0 saturated carbocycles. The normalized spacial score (nSPS) is 14.3. The summed E-state index contributed by atoms with van der Waals surface area (Å²) in [7, 11) is 0. The summed E-state index contributed by atoms with van der Waals surface area (Å²) < 4.78 is 5.56. The number of phenols is 1. The van der Waals surface area contributed by atoms with Gasteiger partial charge in [0.05, 0.1) is 12.2 Å². The molecule has 0 radical (unpaired) electrons. The number of carbonyl (C=O) groups excluding carboxylic acids is 1. The first-order valence-corrected chi connectivity index (χ1v) is 6.25. The lowest BCUT2D eigenvalue weighted by atomic mass is 9.97. The van der Waals surface area contributed by atoms with Gasteiger partial charge in [-0.3, -0.25) is 4.79 Å². The standard InChI is InChI=1S/C14H18O3/c1-2-3-4-5-10-12(15)7-6-11-13(16)8-9-17-14(10)11/h6-7,15H,2-5,8-9H2,1H3. The first-order chi connectivity index (χ1) is 8.24. The largest absolute Gasteiger partial charge is 0.508 e. The maximum Gasteiger partial charge on any atom is 0.170 e. The Balaban J connectivity index is 2.29. The molecule has 0 saturated heterocycles. The third-order valence-corrected chi connectivity index (χ3v) is 3.14. The third kappa shape index (κ3) is 2.43. The Kier molecular flexibility index (Phi) is 3.67. The predicted molar refractivity (Wildman–Crippen MR) is 65.8 cm³/mol. The van der Waals surface area contributed by atoms with Gasteiger partial charge in [-0.05, 0) is 25.0 Å². The van der Waals surface area contributed by atoms with Crippen molar-refractivity contribution >= 4 is 5.78 Å². The Hall–Kier alpha value is -1.51. The number of benzene rings is 1. The highest BCUT2D eigenvalue weighted by Gasteiger charge is 2.23. The van der Waals surface area contributed by atoms with E-state index in [2.05, 4.69) is 6.92 Å². The second-order valence-corrected chi connectivity index (χ2v) is 4.42. The van der Waals surface area contributed by atoms with E-state index in [4.69, 9.17) is 4.74 Å². The molecule has 0 aromatic heterocycles. The Morgan fingerprint density at radius 2 is 2.18 bits per heavy atom. The molecule has 0 unspecified atom stereocenters. The number of Topliss-reactive ketones (excluding diaryl/α,β-unsaturated/α-hetero) is 1. The number of phenolic OH excluding ortho intramolecular Hbond substituents is 1. The number of rotatable bonds is 4. The number of aromatic hydroxyl groups is 1. The minimum Gasteiger partial charge on any atom is -0.508 e. The van der Waals surface area contributed by atoms with E-state index in [1.165, 1.54) is 0 Å². The smallest absolute Gasteiger partial charge is 0.170 e. The van der Waals surface area contributed by atoms with Crippen LogP contribution in [0.1, 0.15) is 48.5 Å². The topological polar surface area (TPSA) is 46.5 Å². The summed E-state index contributed by atoms with van der Waals surface area (Å²) in [6.07, 6.45) is 4.48. The molecule has 3 nitrogen and oxygen atoms in total. The van der Waals surface area contributed by atoms with Crippen LogP contribution >= 0.6 is 0 Å². The van der Waals surface area contributed by atoms with Gasteiger partial charge in [0.2, 0.25) is 0 Å². The highest BCUT2D eigenvalue weighted by molar-refractivity contribution is 6.00. The molecule has 17 heavy (non-hydrogen) atoms. The minimum atomic E-state index is 0.114. The number of unbranched alkanes of at least 4 members (excludes halogenated alkanes) is 2. The molecule has 0 aliphatic carbocycles. The lowest BCUT2D eigenvalue weighted by Crippen LogP contribution is -2.16. The fraction of sp³-hybridized carbons (Fsp3) is 0.500. The molecular formula is C14H18O3. The molecule has 1 N–H and O–H groups in total. The molecule has 1 aliphatic heterocycles. The van der Waals surface area contributed by atoms with E-state index >= 15 is 0 Å². The molecule has 1 aliphatic rings. The number of hydrogen-bond acceptors (Lipinski definition) is 3. The molecule has 0 bridgehead atoms. The van der Waals surface area contributed by atoms with Crippen molar-refractivity contribution in [1.82, 2.24) is 0 Å². The van der Waals surface area contributed by atoms with Crippen LogP contribution in [-0.4, -0.2) is 17.5 Å². The molecule has 1 heterocycles. The summed E-state index contributed by atoms with van der Waals surface area (Å²) in [5, 5.41) is 9.86. The number of ketones is 1. The predicted octanol–water partition coefficient (Wildman–Crippen LogP) is 3.09. The van der Waals surface area contributed by atoms with Crippen LogP contribution in [0.25, 0.3) is 0 Å². The average Bonchev–Trinajstić information content (AvgIpc) is 2.32. The van der Waals surface area contributed by atoms with Crippen LogP contribution in [0.5, 0.6) is 11.5 Å². The van der Waals surface area contributed by atoms with Gasteiger partial charge in [0, 0.05) is 12.0 Å². The van der Waals surface area contributed by atoms with Crippen molar-refractivity contribution < 1.29 is 14.6 Å². The van der Waals surface area contributed by atoms with Gasteiger partial charge in [-0.25, -0.2) is 0 Å². The fourth-order valence-electron chi connectivity index (χ4n) is 2.18. The molecule has 3 heteroatoms. The zero-order valence-corrected chi connectivity index (χ0v) is 10.2. The summed E-state index contributed by atoms with van der Waals surface area (Å²) in [4.78, 5) is 11.7. The number of fused-ring (bicyclic) bond motifs is 1. The quantitative estimate of drug-likeness (QED) is 0.814. The van der Waals surface area contributed by atoms with Crippen molar-refractivity contribution in [1.29, 1.82) is 0 Å². The highest BCUT2D eigenvalue weighted by atomic mass is 16.5.